The van der Waals surface area contributed by atoms with Crippen LogP contribution in [-0.4, -0.2) is 49.0 Å². The molecule has 0 radical (unpaired) electrons. The zero-order valence-electron chi connectivity index (χ0n) is 17.8. The summed E-state index contributed by atoms with van der Waals surface area (Å²) in [6.07, 6.45) is 2.28. The fourth-order valence-electron chi connectivity index (χ4n) is 3.76. The molecule has 0 bridgehead atoms. The molecule has 4 N–H and O–H groups in total. The minimum atomic E-state index is -0.229. The lowest BCUT2D eigenvalue weighted by Crippen LogP contribution is -2.21. The highest BCUT2D eigenvalue weighted by molar-refractivity contribution is 6.18. The van der Waals surface area contributed by atoms with Crippen molar-refractivity contribution in [2.24, 2.45) is 4.99 Å². The van der Waals surface area contributed by atoms with Crippen molar-refractivity contribution in [2.45, 2.75) is 6.42 Å². The highest BCUT2D eigenvalue weighted by Crippen LogP contribution is 2.23. The average molecular weight is 441 g/mol. The largest absolute Gasteiger partial charge is 0.412 e. The molecule has 166 valence electrons. The van der Waals surface area contributed by atoms with Gasteiger partial charge in [-0.3, -0.25) is 14.4 Å². The Kier molecular flexibility index (Phi) is 6.39. The van der Waals surface area contributed by atoms with E-state index in [0.29, 0.717) is 52.3 Å². The second-order valence-corrected chi connectivity index (χ2v) is 7.32. The van der Waals surface area contributed by atoms with E-state index in [-0.39, 0.29) is 17.6 Å². The Hall–Kier alpha value is -4.14. The van der Waals surface area contributed by atoms with Gasteiger partial charge >= 0.3 is 0 Å². The molecule has 0 saturated heterocycles. The number of nitrogens with zero attached hydrogens (tertiary/aromatic N) is 4. The third kappa shape index (κ3) is 4.05. The van der Waals surface area contributed by atoms with Crippen molar-refractivity contribution in [3.8, 4) is 5.69 Å². The van der Waals surface area contributed by atoms with Gasteiger partial charge in [0.2, 0.25) is 0 Å². The van der Waals surface area contributed by atoms with Crippen molar-refractivity contribution in [1.29, 1.82) is 0 Å². The molecule has 2 aromatic carbocycles. The quantitative estimate of drug-likeness (QED) is 0.310. The number of aromatic amines is 1. The van der Waals surface area contributed by atoms with Crippen molar-refractivity contribution >= 4 is 28.0 Å². The van der Waals surface area contributed by atoms with Crippen LogP contribution >= 0.6 is 0 Å². The fraction of sp³-hybridized carbons (Fsp3) is 0.120. The maximum atomic E-state index is 13.9. The molecule has 3 aromatic heterocycles. The predicted molar refractivity (Wildman–Crippen MR) is 129 cm³/mol. The SMILES string of the molecule is O.O=c1c(C(=NCCCO)c2ccccc2)c2nc3[nH]cccc3nc2n1-c1ccccc1. The molecule has 0 spiro atoms. The summed E-state index contributed by atoms with van der Waals surface area (Å²) in [5.74, 6) is 0. The maximum absolute atomic E-state index is 13.9. The molecule has 0 aliphatic heterocycles. The first-order valence-corrected chi connectivity index (χ1v) is 10.4. The summed E-state index contributed by atoms with van der Waals surface area (Å²) in [5.41, 5.74) is 4.48. The number of rotatable bonds is 6. The second-order valence-electron chi connectivity index (χ2n) is 7.32. The number of nitrogens with one attached hydrogen (secondary N) is 1. The average Bonchev–Trinajstić information content (AvgIpc) is 3.12. The lowest BCUT2D eigenvalue weighted by Gasteiger charge is -2.06. The van der Waals surface area contributed by atoms with Crippen molar-refractivity contribution in [1.82, 2.24) is 19.5 Å². The molecule has 5 aromatic rings. The Morgan fingerprint density at radius 1 is 0.970 bits per heavy atom. The molecule has 0 saturated carbocycles. The number of pyridine rings is 1. The molecule has 0 unspecified atom stereocenters. The number of aliphatic hydroxyl groups excluding tert-OH is 1. The van der Waals surface area contributed by atoms with Gasteiger partial charge in [-0.25, -0.2) is 9.97 Å². The van der Waals surface area contributed by atoms with E-state index in [1.807, 2.05) is 72.8 Å². The Morgan fingerprint density at radius 2 is 1.70 bits per heavy atom. The van der Waals surface area contributed by atoms with E-state index in [0.717, 1.165) is 5.56 Å². The molecule has 0 aliphatic carbocycles. The highest BCUT2D eigenvalue weighted by atomic mass is 16.3. The van der Waals surface area contributed by atoms with Crippen LogP contribution in [0.5, 0.6) is 0 Å². The third-order valence-corrected chi connectivity index (χ3v) is 5.22. The summed E-state index contributed by atoms with van der Waals surface area (Å²) < 4.78 is 1.59. The van der Waals surface area contributed by atoms with Crippen molar-refractivity contribution in [2.75, 3.05) is 13.2 Å². The smallest absolute Gasteiger partial charge is 0.268 e. The van der Waals surface area contributed by atoms with Gasteiger partial charge in [0.1, 0.15) is 11.0 Å². The fourth-order valence-corrected chi connectivity index (χ4v) is 3.76. The normalized spacial score (nSPS) is 11.6. The third-order valence-electron chi connectivity index (χ3n) is 5.22. The summed E-state index contributed by atoms with van der Waals surface area (Å²) in [4.78, 5) is 31.3. The number of H-pyrrole nitrogens is 1. The van der Waals surface area contributed by atoms with Gasteiger partial charge in [0, 0.05) is 24.9 Å². The molecule has 0 aliphatic rings. The molecule has 0 amide bonds. The lowest BCUT2D eigenvalue weighted by atomic mass is 10.0. The lowest BCUT2D eigenvalue weighted by molar-refractivity contribution is 0.291. The number of benzene rings is 2. The monoisotopic (exact) mass is 441 g/mol. The Labute approximate surface area is 189 Å². The number of aliphatic hydroxyl groups is 1. The first kappa shape index (κ1) is 22.1. The molecule has 0 atom stereocenters. The Morgan fingerprint density at radius 3 is 2.42 bits per heavy atom. The molecular formula is C25H23N5O3. The van der Waals surface area contributed by atoms with E-state index in [2.05, 4.69) is 4.98 Å². The summed E-state index contributed by atoms with van der Waals surface area (Å²) >= 11 is 0. The van der Waals surface area contributed by atoms with Crippen LogP contribution in [0.4, 0.5) is 0 Å². The molecular weight excluding hydrogens is 418 g/mol. The first-order valence-electron chi connectivity index (χ1n) is 10.4. The van der Waals surface area contributed by atoms with E-state index in [1.165, 1.54) is 0 Å². The zero-order chi connectivity index (χ0) is 21.9. The Balaban J connectivity index is 0.00000259. The number of fused-ring (bicyclic) bond motifs is 2. The minimum Gasteiger partial charge on any atom is -0.412 e. The topological polar surface area (TPSA) is 128 Å². The van der Waals surface area contributed by atoms with Gasteiger partial charge in [0.25, 0.3) is 5.56 Å². The van der Waals surface area contributed by atoms with Gasteiger partial charge in [0.15, 0.2) is 11.3 Å². The maximum Gasteiger partial charge on any atom is 0.268 e. The van der Waals surface area contributed by atoms with Gasteiger partial charge in [-0.05, 0) is 30.7 Å². The van der Waals surface area contributed by atoms with Crippen molar-refractivity contribution in [3.63, 3.8) is 0 Å². The molecule has 0 fully saturated rings. The van der Waals surface area contributed by atoms with Crippen LogP contribution in [0.25, 0.3) is 28.0 Å². The second kappa shape index (κ2) is 9.56. The summed E-state index contributed by atoms with van der Waals surface area (Å²) in [5, 5.41) is 9.26. The van der Waals surface area contributed by atoms with Gasteiger partial charge in [-0.15, -0.1) is 0 Å². The minimum absolute atomic E-state index is 0. The van der Waals surface area contributed by atoms with Gasteiger partial charge in [-0.2, -0.15) is 0 Å². The van der Waals surface area contributed by atoms with Crippen molar-refractivity contribution < 1.29 is 10.6 Å². The number of aromatic nitrogens is 4. The van der Waals surface area contributed by atoms with Gasteiger partial charge < -0.3 is 15.6 Å². The summed E-state index contributed by atoms with van der Waals surface area (Å²) in [6.45, 7) is 0.423. The van der Waals surface area contributed by atoms with E-state index in [9.17, 15) is 9.90 Å². The van der Waals surface area contributed by atoms with Crippen LogP contribution in [0.1, 0.15) is 17.5 Å². The number of aliphatic imine (C=N–C) groups is 1. The molecule has 8 heteroatoms. The van der Waals surface area contributed by atoms with E-state index in [4.69, 9.17) is 15.0 Å². The van der Waals surface area contributed by atoms with Crippen molar-refractivity contribution in [3.05, 3.63) is 100 Å². The summed E-state index contributed by atoms with van der Waals surface area (Å²) in [6, 6.07) is 22.7. The van der Waals surface area contributed by atoms with Gasteiger partial charge in [0.05, 0.1) is 17.0 Å². The van der Waals surface area contributed by atoms with Crippen LogP contribution in [0.2, 0.25) is 0 Å². The standard InChI is InChI=1S/C25H21N5O2.H2O/c31-16-8-15-26-21(17-9-3-1-4-10-17)20-22-24(28-19-13-7-14-27-23(19)29-22)30(25(20)32)18-11-5-2-6-12-18;/h1-7,9-14,31H,8,15-16H2,(H,27,29);1H2. The molecule has 8 nitrogen and oxygen atoms in total. The van der Waals surface area contributed by atoms with Gasteiger partial charge in [-0.1, -0.05) is 48.5 Å². The number of para-hydroxylation sites is 1. The van der Waals surface area contributed by atoms with Crippen LogP contribution in [0.3, 0.4) is 0 Å². The molecule has 3 heterocycles. The predicted octanol–water partition coefficient (Wildman–Crippen LogP) is 2.66. The Bertz CT molecular complexity index is 1470. The molecule has 5 rings (SSSR count). The van der Waals surface area contributed by atoms with Crippen LogP contribution in [-0.2, 0) is 0 Å². The number of hydrogen-bond acceptors (Lipinski definition) is 5. The summed E-state index contributed by atoms with van der Waals surface area (Å²) in [7, 11) is 0. The van der Waals surface area contributed by atoms with E-state index in [1.54, 1.807) is 10.8 Å². The van der Waals surface area contributed by atoms with Crippen LogP contribution in [0.15, 0.2) is 88.8 Å². The van der Waals surface area contributed by atoms with Crippen LogP contribution < -0.4 is 5.56 Å². The number of hydrogen-bond donors (Lipinski definition) is 2. The first-order chi connectivity index (χ1) is 15.8. The molecule has 33 heavy (non-hydrogen) atoms. The van der Waals surface area contributed by atoms with E-state index < -0.39 is 0 Å². The van der Waals surface area contributed by atoms with Crippen LogP contribution in [0, 0.1) is 0 Å². The van der Waals surface area contributed by atoms with E-state index >= 15 is 0 Å². The highest BCUT2D eigenvalue weighted by Gasteiger charge is 2.24. The zero-order valence-corrected chi connectivity index (χ0v) is 17.8.